The highest BCUT2D eigenvalue weighted by atomic mass is 16.5. The highest BCUT2D eigenvalue weighted by Gasteiger charge is 2.31. The SMILES string of the molecule is Cc1ccc(NC(=O)NC(=O)COC(=O)C(C)(C)c2ccccc2)c(C)c1. The Labute approximate surface area is 158 Å². The van der Waals surface area contributed by atoms with E-state index in [2.05, 4.69) is 10.6 Å². The van der Waals surface area contributed by atoms with Crippen molar-refractivity contribution in [3.8, 4) is 0 Å². The van der Waals surface area contributed by atoms with Crippen LogP contribution in [0.1, 0.15) is 30.5 Å². The first-order valence-electron chi connectivity index (χ1n) is 8.61. The van der Waals surface area contributed by atoms with Gasteiger partial charge in [0.25, 0.3) is 5.91 Å². The standard InChI is InChI=1S/C21H24N2O4/c1-14-10-11-17(15(2)12-14)22-20(26)23-18(24)13-27-19(25)21(3,4)16-8-6-5-7-9-16/h5-12H,13H2,1-4H3,(H2,22,23,24,26). The average molecular weight is 368 g/mol. The van der Waals surface area contributed by atoms with Crippen LogP contribution < -0.4 is 10.6 Å². The van der Waals surface area contributed by atoms with Crippen LogP contribution in [0.3, 0.4) is 0 Å². The molecule has 2 aromatic carbocycles. The third-order valence-corrected chi connectivity index (χ3v) is 4.22. The molecule has 0 aromatic heterocycles. The van der Waals surface area contributed by atoms with Crippen LogP contribution in [0.25, 0.3) is 0 Å². The zero-order valence-electron chi connectivity index (χ0n) is 16.0. The van der Waals surface area contributed by atoms with Gasteiger partial charge in [-0.15, -0.1) is 0 Å². The molecule has 0 unspecified atom stereocenters. The molecule has 2 aromatic rings. The summed E-state index contributed by atoms with van der Waals surface area (Å²) in [4.78, 5) is 36.2. The van der Waals surface area contributed by atoms with Crippen molar-refractivity contribution in [2.24, 2.45) is 0 Å². The molecule has 0 fully saturated rings. The molecule has 0 heterocycles. The first-order chi connectivity index (χ1) is 12.7. The van der Waals surface area contributed by atoms with Crippen molar-refractivity contribution >= 4 is 23.6 Å². The lowest BCUT2D eigenvalue weighted by atomic mass is 9.85. The lowest BCUT2D eigenvalue weighted by Gasteiger charge is -2.22. The summed E-state index contributed by atoms with van der Waals surface area (Å²) >= 11 is 0. The Bertz CT molecular complexity index is 845. The Hall–Kier alpha value is -3.15. The quantitative estimate of drug-likeness (QED) is 0.792. The van der Waals surface area contributed by atoms with Gasteiger partial charge in [-0.2, -0.15) is 0 Å². The fraction of sp³-hybridized carbons (Fsp3) is 0.286. The average Bonchev–Trinajstić information content (AvgIpc) is 2.62. The number of hydrogen-bond acceptors (Lipinski definition) is 4. The summed E-state index contributed by atoms with van der Waals surface area (Å²) in [7, 11) is 0. The topological polar surface area (TPSA) is 84.5 Å². The molecule has 3 amide bonds. The monoisotopic (exact) mass is 368 g/mol. The number of urea groups is 1. The van der Waals surface area contributed by atoms with E-state index in [0.717, 1.165) is 16.7 Å². The van der Waals surface area contributed by atoms with Crippen LogP contribution >= 0.6 is 0 Å². The number of ether oxygens (including phenoxy) is 1. The number of esters is 1. The minimum absolute atomic E-state index is 0.532. The number of benzene rings is 2. The van der Waals surface area contributed by atoms with Crippen LogP contribution in [0.2, 0.25) is 0 Å². The lowest BCUT2D eigenvalue weighted by Crippen LogP contribution is -2.39. The third-order valence-electron chi connectivity index (χ3n) is 4.22. The molecule has 0 aliphatic rings. The fourth-order valence-electron chi connectivity index (χ4n) is 2.55. The summed E-state index contributed by atoms with van der Waals surface area (Å²) < 4.78 is 5.08. The van der Waals surface area contributed by atoms with Gasteiger partial charge >= 0.3 is 12.0 Å². The van der Waals surface area contributed by atoms with Crippen LogP contribution in [0.5, 0.6) is 0 Å². The number of rotatable bonds is 5. The van der Waals surface area contributed by atoms with E-state index >= 15 is 0 Å². The Morgan fingerprint density at radius 2 is 1.67 bits per heavy atom. The van der Waals surface area contributed by atoms with Crippen LogP contribution in [-0.4, -0.2) is 24.5 Å². The summed E-state index contributed by atoms with van der Waals surface area (Å²) in [5, 5.41) is 4.75. The molecule has 6 nitrogen and oxygen atoms in total. The molecule has 27 heavy (non-hydrogen) atoms. The maximum absolute atomic E-state index is 12.3. The smallest absolute Gasteiger partial charge is 0.325 e. The number of aryl methyl sites for hydroxylation is 2. The molecule has 6 heteroatoms. The van der Waals surface area contributed by atoms with Crippen molar-refractivity contribution in [1.29, 1.82) is 0 Å². The van der Waals surface area contributed by atoms with Gasteiger partial charge in [-0.05, 0) is 44.9 Å². The van der Waals surface area contributed by atoms with Crippen molar-refractivity contribution in [2.75, 3.05) is 11.9 Å². The van der Waals surface area contributed by atoms with Gasteiger partial charge in [0, 0.05) is 5.69 Å². The Morgan fingerprint density at radius 3 is 2.30 bits per heavy atom. The second-order valence-corrected chi connectivity index (χ2v) is 6.89. The summed E-state index contributed by atoms with van der Waals surface area (Å²) in [5.74, 6) is -1.24. The first kappa shape index (κ1) is 20.2. The number of amides is 3. The molecule has 0 aliphatic heterocycles. The summed E-state index contributed by atoms with van der Waals surface area (Å²) in [6, 6.07) is 14.0. The Kier molecular flexibility index (Phi) is 6.34. The zero-order chi connectivity index (χ0) is 20.0. The molecular formula is C21H24N2O4. The van der Waals surface area contributed by atoms with Crippen molar-refractivity contribution in [1.82, 2.24) is 5.32 Å². The van der Waals surface area contributed by atoms with Gasteiger partial charge in [-0.3, -0.25) is 14.9 Å². The molecule has 142 valence electrons. The molecule has 0 aliphatic carbocycles. The van der Waals surface area contributed by atoms with Gasteiger partial charge in [0.05, 0.1) is 5.41 Å². The molecule has 0 atom stereocenters. The molecule has 2 rings (SSSR count). The largest absolute Gasteiger partial charge is 0.455 e. The van der Waals surface area contributed by atoms with Crippen LogP contribution in [0.15, 0.2) is 48.5 Å². The predicted molar refractivity (Wildman–Crippen MR) is 104 cm³/mol. The third kappa shape index (κ3) is 5.41. The van der Waals surface area contributed by atoms with Crippen LogP contribution in [0.4, 0.5) is 10.5 Å². The number of hydrogen-bond donors (Lipinski definition) is 2. The zero-order valence-corrected chi connectivity index (χ0v) is 16.0. The number of carbonyl (C=O) groups excluding carboxylic acids is 3. The predicted octanol–water partition coefficient (Wildman–Crippen LogP) is 3.47. The van der Waals surface area contributed by atoms with Crippen molar-refractivity contribution in [2.45, 2.75) is 33.1 Å². The molecule has 0 saturated carbocycles. The normalized spacial score (nSPS) is 10.8. The van der Waals surface area contributed by atoms with Crippen LogP contribution in [-0.2, 0) is 19.7 Å². The van der Waals surface area contributed by atoms with Gasteiger partial charge in [-0.25, -0.2) is 4.79 Å². The summed E-state index contributed by atoms with van der Waals surface area (Å²) in [5.41, 5.74) is 2.44. The van der Waals surface area contributed by atoms with Gasteiger partial charge in [0.15, 0.2) is 6.61 Å². The van der Waals surface area contributed by atoms with E-state index < -0.39 is 29.9 Å². The minimum atomic E-state index is -0.900. The molecule has 0 spiro atoms. The minimum Gasteiger partial charge on any atom is -0.455 e. The number of carbonyl (C=O) groups is 3. The van der Waals surface area contributed by atoms with Gasteiger partial charge in [-0.1, -0.05) is 48.0 Å². The van der Waals surface area contributed by atoms with Crippen molar-refractivity contribution in [3.05, 3.63) is 65.2 Å². The molecule has 0 radical (unpaired) electrons. The van der Waals surface area contributed by atoms with E-state index in [0.29, 0.717) is 5.69 Å². The molecule has 0 bridgehead atoms. The second-order valence-electron chi connectivity index (χ2n) is 6.89. The van der Waals surface area contributed by atoms with E-state index in [1.54, 1.807) is 19.9 Å². The first-order valence-corrected chi connectivity index (χ1v) is 8.61. The Balaban J connectivity index is 1.86. The van der Waals surface area contributed by atoms with E-state index in [4.69, 9.17) is 4.74 Å². The van der Waals surface area contributed by atoms with E-state index in [-0.39, 0.29) is 0 Å². The fourth-order valence-corrected chi connectivity index (χ4v) is 2.55. The highest BCUT2D eigenvalue weighted by molar-refractivity contribution is 6.02. The van der Waals surface area contributed by atoms with Crippen molar-refractivity contribution < 1.29 is 19.1 Å². The maximum Gasteiger partial charge on any atom is 0.325 e. The lowest BCUT2D eigenvalue weighted by molar-refractivity contribution is -0.153. The van der Waals surface area contributed by atoms with Gasteiger partial charge in [0.1, 0.15) is 0 Å². The van der Waals surface area contributed by atoms with Crippen LogP contribution in [0, 0.1) is 13.8 Å². The number of nitrogens with one attached hydrogen (secondary N) is 2. The van der Waals surface area contributed by atoms with E-state index in [9.17, 15) is 14.4 Å². The van der Waals surface area contributed by atoms with E-state index in [1.165, 1.54) is 0 Å². The highest BCUT2D eigenvalue weighted by Crippen LogP contribution is 2.24. The molecule has 0 saturated heterocycles. The maximum atomic E-state index is 12.3. The second kappa shape index (κ2) is 8.49. The summed E-state index contributed by atoms with van der Waals surface area (Å²) in [6.07, 6.45) is 0. The Morgan fingerprint density at radius 1 is 1.00 bits per heavy atom. The van der Waals surface area contributed by atoms with E-state index in [1.807, 2.05) is 56.3 Å². The molecular weight excluding hydrogens is 344 g/mol. The number of imide groups is 1. The van der Waals surface area contributed by atoms with Gasteiger partial charge in [0.2, 0.25) is 0 Å². The van der Waals surface area contributed by atoms with Crippen molar-refractivity contribution in [3.63, 3.8) is 0 Å². The van der Waals surface area contributed by atoms with Gasteiger partial charge < -0.3 is 10.1 Å². The molecule has 2 N–H and O–H groups in total. The number of anilines is 1. The summed E-state index contributed by atoms with van der Waals surface area (Å²) in [6.45, 7) is 6.71.